The van der Waals surface area contributed by atoms with Crippen molar-refractivity contribution in [2.75, 3.05) is 12.4 Å². The number of aliphatic hydroxyl groups excluding tert-OH is 2. The number of nitriles is 1. The lowest BCUT2D eigenvalue weighted by atomic mass is 9.99. The predicted molar refractivity (Wildman–Crippen MR) is 62.5 cm³/mol. The number of hydrogen-bond donors (Lipinski definition) is 2. The molecule has 0 amide bonds. The van der Waals surface area contributed by atoms with E-state index in [4.69, 9.17) is 10.00 Å². The van der Waals surface area contributed by atoms with E-state index in [1.807, 2.05) is 6.07 Å². The molecule has 16 heavy (non-hydrogen) atoms. The number of alkyl halides is 1. The molecule has 0 bridgehead atoms. The van der Waals surface area contributed by atoms with Crippen LogP contribution in [0.3, 0.4) is 0 Å². The molecular weight excluding hydrogens is 274 g/mol. The molecule has 0 aliphatic carbocycles. The minimum Gasteiger partial charge on any atom is -0.495 e. The number of benzene rings is 1. The highest BCUT2D eigenvalue weighted by molar-refractivity contribution is 9.09. The smallest absolute Gasteiger partial charge is 0.137 e. The molecule has 2 unspecified atom stereocenters. The molecule has 2 atom stereocenters. The zero-order chi connectivity index (χ0) is 12.1. The Morgan fingerprint density at radius 1 is 1.50 bits per heavy atom. The maximum absolute atomic E-state index is 9.83. The second kappa shape index (κ2) is 5.85. The summed E-state index contributed by atoms with van der Waals surface area (Å²) in [7, 11) is 1.45. The van der Waals surface area contributed by atoms with Crippen LogP contribution in [-0.4, -0.2) is 28.8 Å². The standard InChI is InChI=1S/C11H12BrNO3/c1-16-10-4-2-3-7(8(10)6-13)11(15)9(14)5-12/h2-4,9,11,14-15H,5H2,1H3. The largest absolute Gasteiger partial charge is 0.495 e. The van der Waals surface area contributed by atoms with Crippen molar-refractivity contribution < 1.29 is 14.9 Å². The predicted octanol–water partition coefficient (Wildman–Crippen LogP) is 1.36. The molecule has 86 valence electrons. The molecule has 5 heteroatoms. The molecule has 0 saturated heterocycles. The molecule has 2 N–H and O–H groups in total. The van der Waals surface area contributed by atoms with Crippen molar-refractivity contribution in [3.05, 3.63) is 29.3 Å². The number of methoxy groups -OCH3 is 1. The van der Waals surface area contributed by atoms with Gasteiger partial charge < -0.3 is 14.9 Å². The molecule has 1 rings (SSSR count). The summed E-state index contributed by atoms with van der Waals surface area (Å²) < 4.78 is 5.01. The fourth-order valence-electron chi connectivity index (χ4n) is 1.38. The van der Waals surface area contributed by atoms with E-state index >= 15 is 0 Å². The van der Waals surface area contributed by atoms with Crippen molar-refractivity contribution in [2.45, 2.75) is 12.2 Å². The van der Waals surface area contributed by atoms with E-state index < -0.39 is 12.2 Å². The van der Waals surface area contributed by atoms with Crippen molar-refractivity contribution in [1.82, 2.24) is 0 Å². The molecule has 0 fully saturated rings. The zero-order valence-electron chi connectivity index (χ0n) is 8.72. The molecule has 1 aromatic rings. The van der Waals surface area contributed by atoms with Gasteiger partial charge in [-0.15, -0.1) is 0 Å². The molecule has 0 aliphatic heterocycles. The first kappa shape index (κ1) is 13.0. The van der Waals surface area contributed by atoms with E-state index in [0.717, 1.165) is 0 Å². The molecule has 0 saturated carbocycles. The number of ether oxygens (including phenoxy) is 1. The maximum Gasteiger partial charge on any atom is 0.137 e. The van der Waals surface area contributed by atoms with Crippen LogP contribution in [-0.2, 0) is 0 Å². The van der Waals surface area contributed by atoms with E-state index in [9.17, 15) is 10.2 Å². The fourth-order valence-corrected chi connectivity index (χ4v) is 1.73. The Bertz CT molecular complexity index is 403. The second-order valence-corrected chi connectivity index (χ2v) is 3.85. The molecule has 0 aromatic heterocycles. The Balaban J connectivity index is 3.19. The summed E-state index contributed by atoms with van der Waals surface area (Å²) in [5, 5.41) is 28.6. The first-order chi connectivity index (χ1) is 7.65. The highest BCUT2D eigenvalue weighted by atomic mass is 79.9. The molecule has 0 heterocycles. The van der Waals surface area contributed by atoms with Crippen LogP contribution in [0.25, 0.3) is 0 Å². The van der Waals surface area contributed by atoms with Crippen LogP contribution in [0.5, 0.6) is 5.75 Å². The number of hydrogen-bond acceptors (Lipinski definition) is 4. The van der Waals surface area contributed by atoms with Gasteiger partial charge in [-0.25, -0.2) is 0 Å². The van der Waals surface area contributed by atoms with Gasteiger partial charge in [-0.05, 0) is 6.07 Å². The second-order valence-electron chi connectivity index (χ2n) is 3.20. The Kier molecular flexibility index (Phi) is 4.74. The highest BCUT2D eigenvalue weighted by Gasteiger charge is 2.22. The number of halogens is 1. The monoisotopic (exact) mass is 285 g/mol. The SMILES string of the molecule is COc1cccc(C(O)C(O)CBr)c1C#N. The lowest BCUT2D eigenvalue weighted by Crippen LogP contribution is -2.20. The van der Waals surface area contributed by atoms with Crippen LogP contribution < -0.4 is 4.74 Å². The first-order valence-electron chi connectivity index (χ1n) is 4.64. The van der Waals surface area contributed by atoms with Gasteiger partial charge in [0.1, 0.15) is 17.9 Å². The summed E-state index contributed by atoms with van der Waals surface area (Å²) in [6.07, 6.45) is -2.07. The summed E-state index contributed by atoms with van der Waals surface area (Å²) in [6, 6.07) is 6.86. The van der Waals surface area contributed by atoms with Crippen molar-refractivity contribution in [3.8, 4) is 11.8 Å². The quantitative estimate of drug-likeness (QED) is 0.820. The van der Waals surface area contributed by atoms with E-state index in [1.165, 1.54) is 7.11 Å². The van der Waals surface area contributed by atoms with E-state index in [-0.39, 0.29) is 10.9 Å². The van der Waals surface area contributed by atoms with Crippen molar-refractivity contribution in [3.63, 3.8) is 0 Å². The minimum atomic E-state index is -1.11. The molecule has 0 spiro atoms. The van der Waals surface area contributed by atoms with Crippen LogP contribution in [0.4, 0.5) is 0 Å². The summed E-state index contributed by atoms with van der Waals surface area (Å²) in [4.78, 5) is 0. The average molecular weight is 286 g/mol. The van der Waals surface area contributed by atoms with Crippen LogP contribution in [0.15, 0.2) is 18.2 Å². The highest BCUT2D eigenvalue weighted by Crippen LogP contribution is 2.28. The normalized spacial score (nSPS) is 13.9. The summed E-state index contributed by atoms with van der Waals surface area (Å²) >= 11 is 3.07. The maximum atomic E-state index is 9.83. The van der Waals surface area contributed by atoms with Gasteiger partial charge in [-0.1, -0.05) is 28.1 Å². The summed E-state index contributed by atoms with van der Waals surface area (Å²) in [5.41, 5.74) is 0.617. The van der Waals surface area contributed by atoms with Gasteiger partial charge in [-0.3, -0.25) is 0 Å². The lowest BCUT2D eigenvalue weighted by molar-refractivity contribution is 0.0340. The van der Waals surface area contributed by atoms with Gasteiger partial charge >= 0.3 is 0 Å². The molecule has 0 radical (unpaired) electrons. The summed E-state index contributed by atoms with van der Waals surface area (Å²) in [6.45, 7) is 0. The van der Waals surface area contributed by atoms with Gasteiger partial charge in [0.25, 0.3) is 0 Å². The van der Waals surface area contributed by atoms with Gasteiger partial charge in [0.15, 0.2) is 0 Å². The Morgan fingerprint density at radius 3 is 2.69 bits per heavy atom. The van der Waals surface area contributed by atoms with Gasteiger partial charge in [-0.2, -0.15) is 5.26 Å². The van der Waals surface area contributed by atoms with E-state index in [1.54, 1.807) is 18.2 Å². The first-order valence-corrected chi connectivity index (χ1v) is 5.77. The third-order valence-corrected chi connectivity index (χ3v) is 2.89. The number of rotatable bonds is 4. The number of nitrogens with zero attached hydrogens (tertiary/aromatic N) is 1. The Hall–Kier alpha value is -1.09. The third-order valence-electron chi connectivity index (χ3n) is 2.23. The zero-order valence-corrected chi connectivity index (χ0v) is 10.3. The average Bonchev–Trinajstić information content (AvgIpc) is 2.35. The van der Waals surface area contributed by atoms with Crippen molar-refractivity contribution in [1.29, 1.82) is 5.26 Å². The molecule has 4 nitrogen and oxygen atoms in total. The Labute approximate surface area is 102 Å². The van der Waals surface area contributed by atoms with Gasteiger partial charge in [0, 0.05) is 10.9 Å². The molecular formula is C11H12BrNO3. The van der Waals surface area contributed by atoms with Crippen LogP contribution >= 0.6 is 15.9 Å². The van der Waals surface area contributed by atoms with Crippen LogP contribution in [0.2, 0.25) is 0 Å². The van der Waals surface area contributed by atoms with Crippen molar-refractivity contribution in [2.24, 2.45) is 0 Å². The summed E-state index contributed by atoms with van der Waals surface area (Å²) in [5.74, 6) is 0.390. The van der Waals surface area contributed by atoms with Crippen molar-refractivity contribution >= 4 is 15.9 Å². The topological polar surface area (TPSA) is 73.5 Å². The van der Waals surface area contributed by atoms with E-state index in [2.05, 4.69) is 15.9 Å². The van der Waals surface area contributed by atoms with Crippen LogP contribution in [0, 0.1) is 11.3 Å². The van der Waals surface area contributed by atoms with Gasteiger partial charge in [0.05, 0.1) is 18.8 Å². The van der Waals surface area contributed by atoms with Crippen LogP contribution in [0.1, 0.15) is 17.2 Å². The van der Waals surface area contributed by atoms with Gasteiger partial charge in [0.2, 0.25) is 0 Å². The molecule has 1 aromatic carbocycles. The Morgan fingerprint density at radius 2 is 2.19 bits per heavy atom. The minimum absolute atomic E-state index is 0.232. The fraction of sp³-hybridized carbons (Fsp3) is 0.364. The third kappa shape index (κ3) is 2.53. The van der Waals surface area contributed by atoms with E-state index in [0.29, 0.717) is 11.3 Å². The number of aliphatic hydroxyl groups is 2. The lowest BCUT2D eigenvalue weighted by Gasteiger charge is -2.18. The molecule has 0 aliphatic rings.